The van der Waals surface area contributed by atoms with Crippen molar-refractivity contribution in [2.24, 2.45) is 0 Å². The van der Waals surface area contributed by atoms with Crippen molar-refractivity contribution in [3.8, 4) is 0 Å². The summed E-state index contributed by atoms with van der Waals surface area (Å²) in [6.07, 6.45) is 0. The zero-order valence-electron chi connectivity index (χ0n) is 13.8. The summed E-state index contributed by atoms with van der Waals surface area (Å²) in [6, 6.07) is 11.0. The fraction of sp³-hybridized carbons (Fsp3) is 0.316. The summed E-state index contributed by atoms with van der Waals surface area (Å²) in [5.41, 5.74) is 2.37. The molecule has 1 atom stereocenters. The molecular weight excluding hydrogens is 310 g/mol. The number of anilines is 1. The molecule has 1 fully saturated rings. The smallest absolute Gasteiger partial charge is 0.244 e. The van der Waals surface area contributed by atoms with E-state index in [-0.39, 0.29) is 11.9 Å². The molecule has 0 aliphatic carbocycles. The Morgan fingerprint density at radius 2 is 1.88 bits per heavy atom. The van der Waals surface area contributed by atoms with E-state index in [4.69, 9.17) is 0 Å². The Labute approximate surface area is 140 Å². The predicted octanol–water partition coefficient (Wildman–Crippen LogP) is 3.51. The van der Waals surface area contributed by atoms with Crippen LogP contribution in [0.5, 0.6) is 0 Å². The molecule has 0 aromatic heterocycles. The largest absolute Gasteiger partial charge is 0.310 e. The number of carbonyl (C=O) groups excluding carboxylic acids is 1. The molecule has 1 aliphatic rings. The summed E-state index contributed by atoms with van der Waals surface area (Å²) in [5, 5.41) is 0. The molecule has 2 aromatic carbocycles. The van der Waals surface area contributed by atoms with Crippen molar-refractivity contribution in [3.63, 3.8) is 0 Å². The van der Waals surface area contributed by atoms with E-state index in [0.29, 0.717) is 25.2 Å². The molecule has 2 aromatic rings. The van der Waals surface area contributed by atoms with Crippen LogP contribution in [0.2, 0.25) is 0 Å². The molecule has 126 valence electrons. The normalized spacial score (nSPS) is 18.9. The zero-order chi connectivity index (χ0) is 17.3. The Bertz CT molecular complexity index is 763. The Balaban J connectivity index is 1.76. The lowest BCUT2D eigenvalue weighted by Gasteiger charge is -2.39. The van der Waals surface area contributed by atoms with E-state index in [1.807, 2.05) is 43.0 Å². The van der Waals surface area contributed by atoms with E-state index in [1.165, 1.54) is 12.1 Å². The fourth-order valence-electron chi connectivity index (χ4n) is 3.10. The topological polar surface area (TPSA) is 23.6 Å². The Morgan fingerprint density at radius 1 is 1.12 bits per heavy atom. The van der Waals surface area contributed by atoms with Gasteiger partial charge >= 0.3 is 0 Å². The van der Waals surface area contributed by atoms with Crippen molar-refractivity contribution in [2.45, 2.75) is 26.4 Å². The van der Waals surface area contributed by atoms with Gasteiger partial charge in [-0.3, -0.25) is 9.69 Å². The molecular formula is C19H20F2N2O. The molecule has 3 rings (SSSR count). The Hall–Kier alpha value is -2.27. The van der Waals surface area contributed by atoms with Gasteiger partial charge in [-0.25, -0.2) is 8.78 Å². The molecule has 0 saturated carbocycles. The summed E-state index contributed by atoms with van der Waals surface area (Å²) in [4.78, 5) is 16.5. The number of para-hydroxylation sites is 1. The number of benzene rings is 2. The lowest BCUT2D eigenvalue weighted by molar-refractivity contribution is -0.125. The number of rotatable bonds is 3. The van der Waals surface area contributed by atoms with E-state index in [9.17, 15) is 13.6 Å². The highest BCUT2D eigenvalue weighted by atomic mass is 19.1. The lowest BCUT2D eigenvalue weighted by Crippen LogP contribution is -2.55. The minimum Gasteiger partial charge on any atom is -0.310 e. The van der Waals surface area contributed by atoms with Gasteiger partial charge in [0.1, 0.15) is 11.6 Å². The van der Waals surface area contributed by atoms with Gasteiger partial charge in [0.2, 0.25) is 5.91 Å². The quantitative estimate of drug-likeness (QED) is 0.860. The van der Waals surface area contributed by atoms with Crippen molar-refractivity contribution >= 4 is 11.6 Å². The van der Waals surface area contributed by atoms with Crippen LogP contribution >= 0.6 is 0 Å². The van der Waals surface area contributed by atoms with Gasteiger partial charge in [0.15, 0.2) is 0 Å². The van der Waals surface area contributed by atoms with Crippen LogP contribution in [0.25, 0.3) is 0 Å². The highest BCUT2D eigenvalue weighted by molar-refractivity contribution is 5.98. The highest BCUT2D eigenvalue weighted by Gasteiger charge is 2.33. The van der Waals surface area contributed by atoms with Crippen molar-refractivity contribution < 1.29 is 13.6 Å². The number of hydrogen-bond donors (Lipinski definition) is 0. The average Bonchev–Trinajstić information content (AvgIpc) is 2.55. The monoisotopic (exact) mass is 330 g/mol. The number of aryl methyl sites for hydroxylation is 1. The SMILES string of the molecule is Cc1ccccc1N1CCN(Cc2ccc(F)cc2F)[C@H](C)C1=O. The van der Waals surface area contributed by atoms with E-state index >= 15 is 0 Å². The van der Waals surface area contributed by atoms with Gasteiger partial charge in [-0.05, 0) is 31.5 Å². The van der Waals surface area contributed by atoms with Crippen LogP contribution in [0, 0.1) is 18.6 Å². The summed E-state index contributed by atoms with van der Waals surface area (Å²) < 4.78 is 26.9. The molecule has 0 bridgehead atoms. The average molecular weight is 330 g/mol. The van der Waals surface area contributed by atoms with Crippen LogP contribution < -0.4 is 4.90 Å². The van der Waals surface area contributed by atoms with Crippen molar-refractivity contribution in [2.75, 3.05) is 18.0 Å². The number of amides is 1. The second kappa shape index (κ2) is 6.69. The van der Waals surface area contributed by atoms with Gasteiger partial charge in [0.25, 0.3) is 0 Å². The van der Waals surface area contributed by atoms with Crippen LogP contribution in [0.4, 0.5) is 14.5 Å². The van der Waals surface area contributed by atoms with Crippen molar-refractivity contribution in [3.05, 3.63) is 65.2 Å². The van der Waals surface area contributed by atoms with Crippen LogP contribution in [-0.4, -0.2) is 29.9 Å². The minimum atomic E-state index is -0.593. The summed E-state index contributed by atoms with van der Waals surface area (Å²) in [7, 11) is 0. The minimum absolute atomic E-state index is 0.00179. The maximum atomic E-state index is 13.9. The second-order valence-corrected chi connectivity index (χ2v) is 6.16. The van der Waals surface area contributed by atoms with E-state index in [2.05, 4.69) is 0 Å². The molecule has 0 spiro atoms. The third-order valence-corrected chi connectivity index (χ3v) is 4.58. The number of piperazine rings is 1. The van der Waals surface area contributed by atoms with Gasteiger partial charge < -0.3 is 4.90 Å². The first-order valence-corrected chi connectivity index (χ1v) is 8.02. The van der Waals surface area contributed by atoms with Gasteiger partial charge in [0, 0.05) is 37.0 Å². The maximum absolute atomic E-state index is 13.9. The molecule has 0 N–H and O–H groups in total. The van der Waals surface area contributed by atoms with Crippen LogP contribution in [0.3, 0.4) is 0 Å². The number of nitrogens with zero attached hydrogens (tertiary/aromatic N) is 2. The fourth-order valence-corrected chi connectivity index (χ4v) is 3.10. The first kappa shape index (κ1) is 16.6. The molecule has 1 saturated heterocycles. The maximum Gasteiger partial charge on any atom is 0.244 e. The third kappa shape index (κ3) is 3.17. The summed E-state index contributed by atoms with van der Waals surface area (Å²) in [6.45, 7) is 5.29. The van der Waals surface area contributed by atoms with Gasteiger partial charge in [-0.15, -0.1) is 0 Å². The van der Waals surface area contributed by atoms with Crippen LogP contribution in [-0.2, 0) is 11.3 Å². The predicted molar refractivity (Wildman–Crippen MR) is 89.8 cm³/mol. The second-order valence-electron chi connectivity index (χ2n) is 6.16. The van der Waals surface area contributed by atoms with Crippen molar-refractivity contribution in [1.29, 1.82) is 0 Å². The Morgan fingerprint density at radius 3 is 2.58 bits per heavy atom. The molecule has 1 amide bonds. The molecule has 0 radical (unpaired) electrons. The molecule has 0 unspecified atom stereocenters. The van der Waals surface area contributed by atoms with Gasteiger partial charge in [0.05, 0.1) is 6.04 Å². The van der Waals surface area contributed by atoms with Crippen LogP contribution in [0.15, 0.2) is 42.5 Å². The highest BCUT2D eigenvalue weighted by Crippen LogP contribution is 2.25. The third-order valence-electron chi connectivity index (χ3n) is 4.58. The van der Waals surface area contributed by atoms with Gasteiger partial charge in [-0.2, -0.15) is 0 Å². The molecule has 24 heavy (non-hydrogen) atoms. The van der Waals surface area contributed by atoms with Crippen molar-refractivity contribution in [1.82, 2.24) is 4.90 Å². The van der Waals surface area contributed by atoms with E-state index in [0.717, 1.165) is 17.3 Å². The first-order valence-electron chi connectivity index (χ1n) is 8.02. The number of halogens is 2. The summed E-state index contributed by atoms with van der Waals surface area (Å²) >= 11 is 0. The number of carbonyl (C=O) groups is 1. The first-order chi connectivity index (χ1) is 11.5. The molecule has 3 nitrogen and oxygen atoms in total. The van der Waals surface area contributed by atoms with Crippen LogP contribution in [0.1, 0.15) is 18.1 Å². The Kier molecular flexibility index (Phi) is 4.62. The standard InChI is InChI=1S/C19H20F2N2O/c1-13-5-3-4-6-18(13)23-10-9-22(14(2)19(23)24)12-15-7-8-16(20)11-17(15)21/h3-8,11,14H,9-10,12H2,1-2H3/t14-/m1/s1. The summed E-state index contributed by atoms with van der Waals surface area (Å²) in [5.74, 6) is -1.17. The lowest BCUT2D eigenvalue weighted by atomic mass is 10.1. The van der Waals surface area contributed by atoms with E-state index < -0.39 is 11.6 Å². The molecule has 1 heterocycles. The zero-order valence-corrected chi connectivity index (χ0v) is 13.8. The van der Waals surface area contributed by atoms with E-state index in [1.54, 1.807) is 4.90 Å². The molecule has 1 aliphatic heterocycles. The van der Waals surface area contributed by atoms with Gasteiger partial charge in [-0.1, -0.05) is 24.3 Å². The number of hydrogen-bond acceptors (Lipinski definition) is 2. The molecule has 5 heteroatoms.